The minimum atomic E-state index is -3.06. The lowest BCUT2D eigenvalue weighted by molar-refractivity contribution is 0.599. The maximum atomic E-state index is 11.2. The molecule has 1 heterocycles. The molecule has 1 aromatic carbocycles. The summed E-state index contributed by atoms with van der Waals surface area (Å²) < 4.78 is 25.0. The van der Waals surface area contributed by atoms with Gasteiger partial charge in [0.25, 0.3) is 0 Å². The van der Waals surface area contributed by atoms with Gasteiger partial charge >= 0.3 is 0 Å². The number of aryl methyl sites for hydroxylation is 1. The second-order valence-corrected chi connectivity index (χ2v) is 5.11. The van der Waals surface area contributed by atoms with Crippen molar-refractivity contribution in [2.24, 2.45) is 0 Å². The fourth-order valence-electron chi connectivity index (χ4n) is 1.58. The molecule has 3 nitrogen and oxygen atoms in total. The van der Waals surface area contributed by atoms with E-state index in [4.69, 9.17) is 0 Å². The SMILES string of the molecule is Cc1cccc2c1CCS(=O)(=O)N2. The summed E-state index contributed by atoms with van der Waals surface area (Å²) in [5, 5.41) is 0. The minimum Gasteiger partial charge on any atom is -0.283 e. The van der Waals surface area contributed by atoms with Crippen molar-refractivity contribution in [2.75, 3.05) is 10.5 Å². The molecule has 0 saturated heterocycles. The standard InChI is InChI=1S/C9H11NO2S/c1-7-3-2-4-9-8(7)5-6-13(11,12)10-9/h2-4,10H,5-6H2,1H3. The number of rotatable bonds is 0. The molecular formula is C9H11NO2S. The third-order valence-corrected chi connectivity index (χ3v) is 3.57. The van der Waals surface area contributed by atoms with Crippen LogP contribution in [0.2, 0.25) is 0 Å². The second kappa shape index (κ2) is 2.73. The summed E-state index contributed by atoms with van der Waals surface area (Å²) >= 11 is 0. The number of hydrogen-bond donors (Lipinski definition) is 1. The van der Waals surface area contributed by atoms with Gasteiger partial charge in [-0.15, -0.1) is 0 Å². The van der Waals surface area contributed by atoms with Crippen molar-refractivity contribution in [3.63, 3.8) is 0 Å². The molecule has 70 valence electrons. The van der Waals surface area contributed by atoms with Gasteiger partial charge in [0, 0.05) is 0 Å². The summed E-state index contributed by atoms with van der Waals surface area (Å²) in [4.78, 5) is 0. The highest BCUT2D eigenvalue weighted by Gasteiger charge is 2.20. The first kappa shape index (κ1) is 8.56. The molecule has 0 amide bonds. The molecular weight excluding hydrogens is 186 g/mol. The van der Waals surface area contributed by atoms with E-state index in [0.717, 1.165) is 16.8 Å². The molecule has 0 spiro atoms. The average molecular weight is 197 g/mol. The van der Waals surface area contributed by atoms with Gasteiger partial charge in [-0.1, -0.05) is 12.1 Å². The monoisotopic (exact) mass is 197 g/mol. The third kappa shape index (κ3) is 1.54. The Bertz CT molecular complexity index is 437. The van der Waals surface area contributed by atoms with Gasteiger partial charge < -0.3 is 0 Å². The van der Waals surface area contributed by atoms with Crippen LogP contribution in [0.5, 0.6) is 0 Å². The number of hydrogen-bond acceptors (Lipinski definition) is 2. The van der Waals surface area contributed by atoms with E-state index in [1.54, 1.807) is 6.07 Å². The smallest absolute Gasteiger partial charge is 0.233 e. The molecule has 0 radical (unpaired) electrons. The van der Waals surface area contributed by atoms with Crippen LogP contribution in [0.3, 0.4) is 0 Å². The van der Waals surface area contributed by atoms with Gasteiger partial charge in [0.05, 0.1) is 11.4 Å². The Morgan fingerprint density at radius 1 is 1.38 bits per heavy atom. The molecule has 1 aromatic rings. The van der Waals surface area contributed by atoms with Gasteiger partial charge in [-0.3, -0.25) is 4.72 Å². The zero-order valence-electron chi connectivity index (χ0n) is 7.37. The van der Waals surface area contributed by atoms with Gasteiger partial charge in [-0.2, -0.15) is 0 Å². The van der Waals surface area contributed by atoms with E-state index in [1.807, 2.05) is 19.1 Å². The summed E-state index contributed by atoms with van der Waals surface area (Å²) in [6.45, 7) is 2.00. The highest BCUT2D eigenvalue weighted by atomic mass is 32.2. The molecule has 4 heteroatoms. The van der Waals surface area contributed by atoms with Crippen molar-refractivity contribution in [1.82, 2.24) is 0 Å². The summed E-state index contributed by atoms with van der Waals surface area (Å²) in [6, 6.07) is 5.67. The van der Waals surface area contributed by atoms with E-state index in [0.29, 0.717) is 6.42 Å². The van der Waals surface area contributed by atoms with Crippen molar-refractivity contribution >= 4 is 15.7 Å². The van der Waals surface area contributed by atoms with Crippen molar-refractivity contribution in [1.29, 1.82) is 0 Å². The molecule has 0 aromatic heterocycles. The molecule has 0 aliphatic carbocycles. The van der Waals surface area contributed by atoms with Crippen LogP contribution in [0.1, 0.15) is 11.1 Å². The second-order valence-electron chi connectivity index (χ2n) is 3.27. The number of anilines is 1. The first-order valence-electron chi connectivity index (χ1n) is 4.17. The third-order valence-electron chi connectivity index (χ3n) is 2.30. The molecule has 0 fully saturated rings. The van der Waals surface area contributed by atoms with Crippen molar-refractivity contribution in [2.45, 2.75) is 13.3 Å². The Labute approximate surface area is 77.8 Å². The van der Waals surface area contributed by atoms with E-state index in [9.17, 15) is 8.42 Å². The fraction of sp³-hybridized carbons (Fsp3) is 0.333. The van der Waals surface area contributed by atoms with Crippen LogP contribution in [-0.2, 0) is 16.4 Å². The van der Waals surface area contributed by atoms with Crippen LogP contribution in [0, 0.1) is 6.92 Å². The zero-order valence-corrected chi connectivity index (χ0v) is 8.19. The molecule has 0 bridgehead atoms. The first-order chi connectivity index (χ1) is 6.08. The molecule has 0 saturated carbocycles. The van der Waals surface area contributed by atoms with Gasteiger partial charge in [-0.25, -0.2) is 8.42 Å². The Morgan fingerprint density at radius 2 is 2.15 bits per heavy atom. The molecule has 1 aliphatic heterocycles. The van der Waals surface area contributed by atoms with Gasteiger partial charge in [-0.05, 0) is 30.5 Å². The van der Waals surface area contributed by atoms with E-state index >= 15 is 0 Å². The normalized spacial score (nSPS) is 18.8. The number of sulfonamides is 1. The largest absolute Gasteiger partial charge is 0.283 e. The van der Waals surface area contributed by atoms with Crippen LogP contribution in [0.4, 0.5) is 5.69 Å². The van der Waals surface area contributed by atoms with E-state index in [1.165, 1.54) is 0 Å². The quantitative estimate of drug-likeness (QED) is 0.681. The van der Waals surface area contributed by atoms with Crippen LogP contribution in [0.25, 0.3) is 0 Å². The Hall–Kier alpha value is -1.03. The van der Waals surface area contributed by atoms with Crippen molar-refractivity contribution in [3.8, 4) is 0 Å². The lowest BCUT2D eigenvalue weighted by atomic mass is 10.0. The summed E-state index contributed by atoms with van der Waals surface area (Å²) in [7, 11) is -3.06. The van der Waals surface area contributed by atoms with Crippen LogP contribution >= 0.6 is 0 Å². The summed E-state index contributed by atoms with van der Waals surface area (Å²) in [6.07, 6.45) is 0.622. The van der Waals surface area contributed by atoms with Crippen molar-refractivity contribution in [3.05, 3.63) is 29.3 Å². The maximum Gasteiger partial charge on any atom is 0.233 e. The molecule has 1 N–H and O–H groups in total. The number of benzene rings is 1. The lowest BCUT2D eigenvalue weighted by Gasteiger charge is -2.19. The van der Waals surface area contributed by atoms with Crippen LogP contribution in [-0.4, -0.2) is 14.2 Å². The maximum absolute atomic E-state index is 11.2. The Kier molecular flexibility index (Phi) is 1.80. The van der Waals surface area contributed by atoms with Gasteiger partial charge in [0.2, 0.25) is 10.0 Å². The lowest BCUT2D eigenvalue weighted by Crippen LogP contribution is -2.24. The predicted molar refractivity (Wildman–Crippen MR) is 52.3 cm³/mol. The number of fused-ring (bicyclic) bond motifs is 1. The van der Waals surface area contributed by atoms with Gasteiger partial charge in [0.1, 0.15) is 0 Å². The molecule has 1 aliphatic rings. The summed E-state index contributed by atoms with van der Waals surface area (Å²) in [5.74, 6) is 0.199. The first-order valence-corrected chi connectivity index (χ1v) is 5.83. The highest BCUT2D eigenvalue weighted by Crippen LogP contribution is 2.25. The van der Waals surface area contributed by atoms with E-state index in [2.05, 4.69) is 4.72 Å². The van der Waals surface area contributed by atoms with Crippen LogP contribution < -0.4 is 4.72 Å². The topological polar surface area (TPSA) is 46.2 Å². The average Bonchev–Trinajstić information content (AvgIpc) is 2.02. The van der Waals surface area contributed by atoms with Crippen LogP contribution in [0.15, 0.2) is 18.2 Å². The fourth-order valence-corrected chi connectivity index (χ4v) is 2.69. The molecule has 13 heavy (non-hydrogen) atoms. The van der Waals surface area contributed by atoms with Crippen molar-refractivity contribution < 1.29 is 8.42 Å². The van der Waals surface area contributed by atoms with E-state index in [-0.39, 0.29) is 5.75 Å². The highest BCUT2D eigenvalue weighted by molar-refractivity contribution is 7.92. The minimum absolute atomic E-state index is 0.199. The Morgan fingerprint density at radius 3 is 2.92 bits per heavy atom. The zero-order chi connectivity index (χ0) is 9.47. The Balaban J connectivity index is 2.54. The summed E-state index contributed by atoms with van der Waals surface area (Å²) in [5.41, 5.74) is 3.02. The molecule has 0 atom stereocenters. The predicted octanol–water partition coefficient (Wildman–Crippen LogP) is 1.29. The van der Waals surface area contributed by atoms with E-state index < -0.39 is 10.0 Å². The van der Waals surface area contributed by atoms with Gasteiger partial charge in [0.15, 0.2) is 0 Å². The molecule has 2 rings (SSSR count). The molecule has 0 unspecified atom stereocenters. The number of nitrogens with one attached hydrogen (secondary N) is 1.